The molecule has 1 aliphatic rings. The van der Waals surface area contributed by atoms with Gasteiger partial charge in [0.1, 0.15) is 5.60 Å². The first-order valence-corrected chi connectivity index (χ1v) is 9.18. The summed E-state index contributed by atoms with van der Waals surface area (Å²) in [7, 11) is 0. The molecule has 0 spiro atoms. The number of likely N-dealkylation sites (tertiary alicyclic amines) is 1. The van der Waals surface area contributed by atoms with E-state index in [9.17, 15) is 9.90 Å². The van der Waals surface area contributed by atoms with Gasteiger partial charge in [0, 0.05) is 13.1 Å². The van der Waals surface area contributed by atoms with Crippen molar-refractivity contribution in [3.05, 3.63) is 83.7 Å². The fourth-order valence-electron chi connectivity index (χ4n) is 3.99. The molecule has 1 aromatic heterocycles. The van der Waals surface area contributed by atoms with E-state index in [0.29, 0.717) is 31.6 Å². The summed E-state index contributed by atoms with van der Waals surface area (Å²) in [4.78, 5) is 14.3. The monoisotopic (exact) mass is 362 g/mol. The average Bonchev–Trinajstić information content (AvgIpc) is 3.29. The zero-order valence-corrected chi connectivity index (χ0v) is 15.0. The van der Waals surface area contributed by atoms with Gasteiger partial charge in [-0.25, -0.2) is 0 Å². The van der Waals surface area contributed by atoms with Crippen LogP contribution in [0.5, 0.6) is 0 Å². The van der Waals surface area contributed by atoms with Gasteiger partial charge in [-0.05, 0) is 29.9 Å². The Labute approximate surface area is 157 Å². The van der Waals surface area contributed by atoms with Gasteiger partial charge in [-0.3, -0.25) is 4.79 Å². The standard InChI is InChI=1S/C21H22N4O2/c26-20(19-15-22-24-23-19)25-13-11-18(12-14-25)21(27,16-7-3-1-4-8-16)17-9-5-2-6-10-17/h1-10,15,18,27H,11-14H2,(H,22,23,24). The van der Waals surface area contributed by atoms with Crippen LogP contribution < -0.4 is 0 Å². The number of amides is 1. The molecule has 27 heavy (non-hydrogen) atoms. The Morgan fingerprint density at radius 1 is 1.00 bits per heavy atom. The second-order valence-electron chi connectivity index (χ2n) is 6.92. The molecule has 0 saturated carbocycles. The molecule has 2 heterocycles. The van der Waals surface area contributed by atoms with Crippen molar-refractivity contribution in [1.29, 1.82) is 0 Å². The van der Waals surface area contributed by atoms with Gasteiger partial charge in [0.2, 0.25) is 0 Å². The molecule has 0 unspecified atom stereocenters. The summed E-state index contributed by atoms with van der Waals surface area (Å²) in [5.41, 5.74) is 1.02. The summed E-state index contributed by atoms with van der Waals surface area (Å²) in [6.45, 7) is 1.16. The minimum absolute atomic E-state index is 0.0173. The SMILES string of the molecule is O=C(c1cn[nH]n1)N1CCC(C(O)(c2ccccc2)c2ccccc2)CC1. The van der Waals surface area contributed by atoms with Gasteiger partial charge in [0.15, 0.2) is 5.69 Å². The lowest BCUT2D eigenvalue weighted by molar-refractivity contribution is -0.0123. The minimum atomic E-state index is -1.08. The molecular weight excluding hydrogens is 340 g/mol. The van der Waals surface area contributed by atoms with Crippen molar-refractivity contribution in [3.63, 3.8) is 0 Å². The quantitative estimate of drug-likeness (QED) is 0.747. The van der Waals surface area contributed by atoms with Crippen LogP contribution in [0.2, 0.25) is 0 Å². The van der Waals surface area contributed by atoms with Crippen LogP contribution in [0.25, 0.3) is 0 Å². The van der Waals surface area contributed by atoms with E-state index in [1.807, 2.05) is 60.7 Å². The van der Waals surface area contributed by atoms with Crippen LogP contribution >= 0.6 is 0 Å². The first-order valence-electron chi connectivity index (χ1n) is 9.18. The van der Waals surface area contributed by atoms with Gasteiger partial charge >= 0.3 is 0 Å². The maximum Gasteiger partial charge on any atom is 0.276 e. The van der Waals surface area contributed by atoms with E-state index in [1.165, 1.54) is 6.20 Å². The summed E-state index contributed by atoms with van der Waals surface area (Å²) in [5, 5.41) is 21.9. The molecule has 2 aromatic carbocycles. The summed E-state index contributed by atoms with van der Waals surface area (Å²) in [6.07, 6.45) is 2.87. The largest absolute Gasteiger partial charge is 0.380 e. The number of hydrogen-bond donors (Lipinski definition) is 2. The highest BCUT2D eigenvalue weighted by molar-refractivity contribution is 5.91. The number of carbonyl (C=O) groups excluding carboxylic acids is 1. The first kappa shape index (κ1) is 17.4. The molecule has 6 nitrogen and oxygen atoms in total. The van der Waals surface area contributed by atoms with Crippen LogP contribution in [-0.4, -0.2) is 44.4 Å². The number of nitrogens with one attached hydrogen (secondary N) is 1. The highest BCUT2D eigenvalue weighted by atomic mass is 16.3. The Morgan fingerprint density at radius 2 is 1.56 bits per heavy atom. The third-order valence-electron chi connectivity index (χ3n) is 5.43. The number of aromatic nitrogens is 3. The fraction of sp³-hybridized carbons (Fsp3) is 0.286. The van der Waals surface area contributed by atoms with Crippen molar-refractivity contribution < 1.29 is 9.90 Å². The van der Waals surface area contributed by atoms with Crippen molar-refractivity contribution in [1.82, 2.24) is 20.3 Å². The van der Waals surface area contributed by atoms with Crippen LogP contribution in [-0.2, 0) is 5.60 Å². The molecule has 0 bridgehead atoms. The highest BCUT2D eigenvalue weighted by Crippen LogP contribution is 2.41. The van der Waals surface area contributed by atoms with Gasteiger partial charge in [-0.1, -0.05) is 60.7 Å². The third kappa shape index (κ3) is 3.24. The molecule has 0 aliphatic carbocycles. The van der Waals surface area contributed by atoms with Crippen molar-refractivity contribution in [2.75, 3.05) is 13.1 Å². The lowest BCUT2D eigenvalue weighted by atomic mass is 9.72. The number of aliphatic hydroxyl groups is 1. The lowest BCUT2D eigenvalue weighted by Gasteiger charge is -2.42. The number of aromatic amines is 1. The summed E-state index contributed by atoms with van der Waals surface area (Å²) < 4.78 is 0. The van der Waals surface area contributed by atoms with Crippen molar-refractivity contribution in [2.45, 2.75) is 18.4 Å². The Bertz CT molecular complexity index is 834. The summed E-state index contributed by atoms with van der Waals surface area (Å²) in [6, 6.07) is 19.6. The second kappa shape index (κ2) is 7.32. The third-order valence-corrected chi connectivity index (χ3v) is 5.43. The van der Waals surface area contributed by atoms with E-state index in [4.69, 9.17) is 0 Å². The number of benzene rings is 2. The van der Waals surface area contributed by atoms with Gasteiger partial charge < -0.3 is 10.0 Å². The molecule has 1 saturated heterocycles. The predicted molar refractivity (Wildman–Crippen MR) is 101 cm³/mol. The Morgan fingerprint density at radius 3 is 2.04 bits per heavy atom. The molecule has 138 valence electrons. The molecule has 4 rings (SSSR count). The molecule has 0 atom stereocenters. The number of H-pyrrole nitrogens is 1. The van der Waals surface area contributed by atoms with E-state index in [-0.39, 0.29) is 11.8 Å². The zero-order valence-electron chi connectivity index (χ0n) is 15.0. The Balaban J connectivity index is 1.59. The Kier molecular flexibility index (Phi) is 4.73. The molecule has 1 fully saturated rings. The van der Waals surface area contributed by atoms with Crippen LogP contribution in [0.4, 0.5) is 0 Å². The van der Waals surface area contributed by atoms with Gasteiger partial charge in [-0.15, -0.1) is 0 Å². The number of piperidine rings is 1. The van der Waals surface area contributed by atoms with Gasteiger partial charge in [0.05, 0.1) is 6.20 Å². The molecule has 1 aliphatic heterocycles. The maximum absolute atomic E-state index is 12.5. The maximum atomic E-state index is 12.5. The van der Waals surface area contributed by atoms with Crippen LogP contribution in [0, 0.1) is 5.92 Å². The molecular formula is C21H22N4O2. The van der Waals surface area contributed by atoms with Crippen molar-refractivity contribution in [2.24, 2.45) is 5.92 Å². The highest BCUT2D eigenvalue weighted by Gasteiger charge is 2.42. The fourth-order valence-corrected chi connectivity index (χ4v) is 3.99. The number of hydrogen-bond acceptors (Lipinski definition) is 4. The minimum Gasteiger partial charge on any atom is -0.380 e. The number of carbonyl (C=O) groups is 1. The van der Waals surface area contributed by atoms with Crippen molar-refractivity contribution >= 4 is 5.91 Å². The second-order valence-corrected chi connectivity index (χ2v) is 6.92. The topological polar surface area (TPSA) is 82.1 Å². The normalized spacial score (nSPS) is 15.7. The van der Waals surface area contributed by atoms with Crippen LogP contribution in [0.15, 0.2) is 66.9 Å². The smallest absolute Gasteiger partial charge is 0.276 e. The van der Waals surface area contributed by atoms with E-state index >= 15 is 0 Å². The van der Waals surface area contributed by atoms with E-state index in [2.05, 4.69) is 15.4 Å². The number of rotatable bonds is 4. The van der Waals surface area contributed by atoms with Crippen LogP contribution in [0.1, 0.15) is 34.5 Å². The van der Waals surface area contributed by atoms with Crippen LogP contribution in [0.3, 0.4) is 0 Å². The van der Waals surface area contributed by atoms with E-state index in [0.717, 1.165) is 11.1 Å². The lowest BCUT2D eigenvalue weighted by Crippen LogP contribution is -2.46. The van der Waals surface area contributed by atoms with Gasteiger partial charge in [0.25, 0.3) is 5.91 Å². The van der Waals surface area contributed by atoms with E-state index in [1.54, 1.807) is 4.90 Å². The van der Waals surface area contributed by atoms with Crippen molar-refractivity contribution in [3.8, 4) is 0 Å². The average molecular weight is 362 g/mol. The van der Waals surface area contributed by atoms with Gasteiger partial charge in [-0.2, -0.15) is 15.4 Å². The number of nitrogens with zero attached hydrogens (tertiary/aromatic N) is 3. The Hall–Kier alpha value is -2.99. The predicted octanol–water partition coefficient (Wildman–Crippen LogP) is 2.59. The zero-order chi connectivity index (χ0) is 18.7. The summed E-state index contributed by atoms with van der Waals surface area (Å²) >= 11 is 0. The molecule has 1 amide bonds. The molecule has 6 heteroatoms. The molecule has 3 aromatic rings. The summed E-state index contributed by atoms with van der Waals surface area (Å²) in [5.74, 6) is -0.103. The van der Waals surface area contributed by atoms with E-state index < -0.39 is 5.60 Å². The molecule has 0 radical (unpaired) electrons. The first-order chi connectivity index (χ1) is 13.2. The molecule has 2 N–H and O–H groups in total.